The van der Waals surface area contributed by atoms with Crippen molar-refractivity contribution in [1.29, 1.82) is 0 Å². The van der Waals surface area contributed by atoms with Crippen LogP contribution in [0.2, 0.25) is 0 Å². The van der Waals surface area contributed by atoms with Crippen molar-refractivity contribution in [3.8, 4) is 5.75 Å². The molecule has 0 spiro atoms. The lowest BCUT2D eigenvalue weighted by atomic mass is 10.2. The molecule has 2 aromatic rings. The average molecular weight is 472 g/mol. The topological polar surface area (TPSA) is 129 Å². The summed E-state index contributed by atoms with van der Waals surface area (Å²) in [4.78, 5) is 33.2. The first-order chi connectivity index (χ1) is 16.2. The normalized spacial score (nSPS) is 16.4. The van der Waals surface area contributed by atoms with Crippen LogP contribution in [-0.2, 0) is 14.3 Å². The van der Waals surface area contributed by atoms with Crippen molar-refractivity contribution >= 4 is 23.5 Å². The van der Waals surface area contributed by atoms with E-state index in [2.05, 4.69) is 15.5 Å². The highest BCUT2D eigenvalue weighted by Gasteiger charge is 2.18. The van der Waals surface area contributed by atoms with Gasteiger partial charge >= 0.3 is 12.1 Å². The Morgan fingerprint density at radius 2 is 2.06 bits per heavy atom. The molecule has 0 radical (unpaired) electrons. The molecule has 1 saturated heterocycles. The molecular weight excluding hydrogens is 442 g/mol. The molecule has 34 heavy (non-hydrogen) atoms. The van der Waals surface area contributed by atoms with Gasteiger partial charge in [0.05, 0.1) is 17.9 Å². The Labute approximate surface area is 197 Å². The number of carboxylic acid groups (broad SMARTS) is 1. The van der Waals surface area contributed by atoms with Crippen LogP contribution in [0.15, 0.2) is 47.8 Å². The minimum Gasteiger partial charge on any atom is -0.487 e. The molecular formula is C24H29N3O7. The lowest BCUT2D eigenvalue weighted by Crippen LogP contribution is -2.27. The highest BCUT2D eigenvalue weighted by Crippen LogP contribution is 2.20. The third-order valence-electron chi connectivity index (χ3n) is 4.58. The number of aromatic nitrogens is 1. The highest BCUT2D eigenvalue weighted by molar-refractivity contribution is 6.01. The number of rotatable bonds is 8. The van der Waals surface area contributed by atoms with E-state index in [9.17, 15) is 14.7 Å². The number of nitrogens with zero attached hydrogens (tertiary/aromatic N) is 2. The molecule has 0 aliphatic carbocycles. The fourth-order valence-electron chi connectivity index (χ4n) is 3.02. The number of benzene rings is 1. The molecule has 10 nitrogen and oxygen atoms in total. The molecule has 1 aromatic heterocycles. The Hall–Kier alpha value is -3.66. The third-order valence-corrected chi connectivity index (χ3v) is 4.58. The number of ether oxygens (including phenoxy) is 3. The fourth-order valence-corrected chi connectivity index (χ4v) is 3.02. The SMILES string of the molecule is CC(C)(C)OC(=O)Nc1cccc(OC/C(=N\OC2CCCCO2)c2cc(C(=O)O)ccn2)c1. The largest absolute Gasteiger partial charge is 0.487 e. The zero-order valence-corrected chi connectivity index (χ0v) is 19.4. The summed E-state index contributed by atoms with van der Waals surface area (Å²) in [5, 5.41) is 16.1. The quantitative estimate of drug-likeness (QED) is 0.427. The number of nitrogens with one attached hydrogen (secondary N) is 1. The van der Waals surface area contributed by atoms with Gasteiger partial charge in [-0.2, -0.15) is 0 Å². The number of hydrogen-bond acceptors (Lipinski definition) is 8. The first-order valence-corrected chi connectivity index (χ1v) is 11.0. The second-order valence-corrected chi connectivity index (χ2v) is 8.62. The zero-order valence-electron chi connectivity index (χ0n) is 19.4. The van der Waals surface area contributed by atoms with E-state index < -0.39 is 24.0 Å². The molecule has 182 valence electrons. The fraction of sp³-hybridized carbons (Fsp3) is 0.417. The standard InChI is InChI=1S/C24H29N3O7/c1-24(2,3)33-23(30)26-17-7-6-8-18(14-17)32-15-20(27-34-21-9-4-5-12-31-21)19-13-16(22(28)29)10-11-25-19/h6-8,10-11,13-14,21H,4-5,9,12,15H2,1-3H3,(H,26,30)(H,28,29)/b27-20+. The Morgan fingerprint density at radius 3 is 2.76 bits per heavy atom. The van der Waals surface area contributed by atoms with Gasteiger partial charge in [0.1, 0.15) is 23.7 Å². The van der Waals surface area contributed by atoms with Gasteiger partial charge in [-0.15, -0.1) is 0 Å². The predicted molar refractivity (Wildman–Crippen MR) is 124 cm³/mol. The van der Waals surface area contributed by atoms with Gasteiger partial charge in [0.25, 0.3) is 0 Å². The highest BCUT2D eigenvalue weighted by atomic mass is 16.8. The second kappa shape index (κ2) is 11.5. The third kappa shape index (κ3) is 8.04. The molecule has 1 aromatic carbocycles. The summed E-state index contributed by atoms with van der Waals surface area (Å²) in [7, 11) is 0. The molecule has 0 saturated carbocycles. The number of carbonyl (C=O) groups excluding carboxylic acids is 1. The molecule has 1 unspecified atom stereocenters. The summed E-state index contributed by atoms with van der Waals surface area (Å²) in [6.45, 7) is 5.87. The van der Waals surface area contributed by atoms with Gasteiger partial charge in [0, 0.05) is 24.4 Å². The van der Waals surface area contributed by atoms with E-state index in [1.165, 1.54) is 18.3 Å². The lowest BCUT2D eigenvalue weighted by molar-refractivity contribution is -0.162. The van der Waals surface area contributed by atoms with Crippen molar-refractivity contribution in [2.24, 2.45) is 5.16 Å². The van der Waals surface area contributed by atoms with E-state index in [0.29, 0.717) is 35.9 Å². The molecule has 1 amide bonds. The van der Waals surface area contributed by atoms with Crippen LogP contribution in [0.5, 0.6) is 5.75 Å². The minimum absolute atomic E-state index is 0.0569. The van der Waals surface area contributed by atoms with Crippen LogP contribution < -0.4 is 10.1 Å². The molecule has 10 heteroatoms. The summed E-state index contributed by atoms with van der Waals surface area (Å²) in [6.07, 6.45) is 2.97. The number of oxime groups is 1. The monoisotopic (exact) mass is 471 g/mol. The number of aromatic carboxylic acids is 1. The van der Waals surface area contributed by atoms with E-state index in [4.69, 9.17) is 19.0 Å². The Kier molecular flexibility index (Phi) is 8.42. The molecule has 1 fully saturated rings. The summed E-state index contributed by atoms with van der Waals surface area (Å²) in [5.41, 5.74) is 0.531. The van der Waals surface area contributed by atoms with Crippen molar-refractivity contribution in [1.82, 2.24) is 4.98 Å². The van der Waals surface area contributed by atoms with Crippen LogP contribution in [-0.4, -0.2) is 53.0 Å². The van der Waals surface area contributed by atoms with E-state index in [-0.39, 0.29) is 12.2 Å². The Balaban J connectivity index is 1.73. The summed E-state index contributed by atoms with van der Waals surface area (Å²) >= 11 is 0. The number of anilines is 1. The van der Waals surface area contributed by atoms with Gasteiger partial charge in [-0.25, -0.2) is 9.59 Å². The van der Waals surface area contributed by atoms with Gasteiger partial charge < -0.3 is 24.2 Å². The van der Waals surface area contributed by atoms with E-state index >= 15 is 0 Å². The summed E-state index contributed by atoms with van der Waals surface area (Å²) in [6, 6.07) is 9.55. The predicted octanol–water partition coefficient (Wildman–Crippen LogP) is 4.45. The molecule has 1 atom stereocenters. The van der Waals surface area contributed by atoms with Gasteiger partial charge in [-0.05, 0) is 57.9 Å². The first kappa shape index (κ1) is 25.0. The Morgan fingerprint density at radius 1 is 1.24 bits per heavy atom. The maximum atomic E-state index is 12.0. The molecule has 1 aliphatic rings. The van der Waals surface area contributed by atoms with Gasteiger partial charge in [0.15, 0.2) is 0 Å². The van der Waals surface area contributed by atoms with Crippen molar-refractivity contribution in [2.45, 2.75) is 51.9 Å². The molecule has 3 rings (SSSR count). The maximum Gasteiger partial charge on any atom is 0.412 e. The lowest BCUT2D eigenvalue weighted by Gasteiger charge is -2.20. The van der Waals surface area contributed by atoms with Crippen molar-refractivity contribution < 1.29 is 33.7 Å². The zero-order chi connectivity index (χ0) is 24.6. The number of carboxylic acids is 1. The summed E-state index contributed by atoms with van der Waals surface area (Å²) in [5.74, 6) is -0.633. The van der Waals surface area contributed by atoms with Gasteiger partial charge in [-0.1, -0.05) is 11.2 Å². The smallest absolute Gasteiger partial charge is 0.412 e. The van der Waals surface area contributed by atoms with Crippen LogP contribution >= 0.6 is 0 Å². The van der Waals surface area contributed by atoms with Crippen LogP contribution in [0, 0.1) is 0 Å². The van der Waals surface area contributed by atoms with Crippen molar-refractivity contribution in [3.63, 3.8) is 0 Å². The first-order valence-electron chi connectivity index (χ1n) is 11.0. The van der Waals surface area contributed by atoms with Crippen LogP contribution in [0.4, 0.5) is 10.5 Å². The molecule has 1 aliphatic heterocycles. The van der Waals surface area contributed by atoms with Crippen LogP contribution in [0.3, 0.4) is 0 Å². The van der Waals surface area contributed by atoms with E-state index in [1.807, 2.05) is 0 Å². The van der Waals surface area contributed by atoms with Crippen molar-refractivity contribution in [3.05, 3.63) is 53.9 Å². The minimum atomic E-state index is -1.08. The van der Waals surface area contributed by atoms with E-state index in [1.54, 1.807) is 45.0 Å². The molecule has 0 bridgehead atoms. The number of amides is 1. The van der Waals surface area contributed by atoms with Crippen molar-refractivity contribution in [2.75, 3.05) is 18.5 Å². The number of carbonyl (C=O) groups is 2. The van der Waals surface area contributed by atoms with E-state index in [0.717, 1.165) is 12.8 Å². The average Bonchev–Trinajstić information content (AvgIpc) is 2.79. The van der Waals surface area contributed by atoms with Crippen LogP contribution in [0.25, 0.3) is 0 Å². The summed E-state index contributed by atoms with van der Waals surface area (Å²) < 4.78 is 16.7. The Bertz CT molecular complexity index is 1030. The maximum absolute atomic E-state index is 12.0. The van der Waals surface area contributed by atoms with Gasteiger partial charge in [-0.3, -0.25) is 10.3 Å². The van der Waals surface area contributed by atoms with Gasteiger partial charge in [0.2, 0.25) is 6.29 Å². The number of hydrogen-bond donors (Lipinski definition) is 2. The van der Waals surface area contributed by atoms with Crippen LogP contribution in [0.1, 0.15) is 56.1 Å². The second-order valence-electron chi connectivity index (χ2n) is 8.62. The number of pyridine rings is 1. The molecule has 2 heterocycles. The molecule has 2 N–H and O–H groups in total.